The second-order valence-corrected chi connectivity index (χ2v) is 5.56. The van der Waals surface area contributed by atoms with Crippen molar-refractivity contribution >= 4 is 11.6 Å². The lowest BCUT2D eigenvalue weighted by Crippen LogP contribution is -2.45. The van der Waals surface area contributed by atoms with Crippen LogP contribution in [0.1, 0.15) is 27.2 Å². The van der Waals surface area contributed by atoms with Crippen molar-refractivity contribution in [2.24, 2.45) is 0 Å². The van der Waals surface area contributed by atoms with Gasteiger partial charge in [-0.25, -0.2) is 4.68 Å². The number of rotatable bonds is 8. The van der Waals surface area contributed by atoms with Crippen LogP contribution in [0.2, 0.25) is 0 Å². The van der Waals surface area contributed by atoms with Gasteiger partial charge < -0.3 is 16.0 Å². The van der Waals surface area contributed by atoms with Gasteiger partial charge >= 0.3 is 0 Å². The summed E-state index contributed by atoms with van der Waals surface area (Å²) in [5.74, 6) is -0.215. The van der Waals surface area contributed by atoms with Crippen molar-refractivity contribution in [3.63, 3.8) is 0 Å². The van der Waals surface area contributed by atoms with E-state index in [4.69, 9.17) is 0 Å². The summed E-state index contributed by atoms with van der Waals surface area (Å²) in [7, 11) is 1.86. The minimum atomic E-state index is -0.297. The van der Waals surface area contributed by atoms with Gasteiger partial charge in [-0.2, -0.15) is 5.10 Å². The van der Waals surface area contributed by atoms with E-state index in [1.807, 2.05) is 27.8 Å². The molecule has 1 aromatic rings. The van der Waals surface area contributed by atoms with Crippen LogP contribution in [-0.2, 0) is 11.3 Å². The van der Waals surface area contributed by atoms with Crippen molar-refractivity contribution in [2.75, 3.05) is 25.5 Å². The maximum atomic E-state index is 11.9. The fourth-order valence-electron chi connectivity index (χ4n) is 1.62. The van der Waals surface area contributed by atoms with Crippen LogP contribution in [0.3, 0.4) is 0 Å². The van der Waals surface area contributed by atoms with Gasteiger partial charge in [0.05, 0.1) is 11.9 Å². The zero-order chi connectivity index (χ0) is 15.9. The van der Waals surface area contributed by atoms with Gasteiger partial charge in [0.1, 0.15) is 6.54 Å². The molecule has 1 aromatic heterocycles. The highest BCUT2D eigenvalue weighted by Gasteiger charge is 2.18. The lowest BCUT2D eigenvalue weighted by Gasteiger charge is -2.24. The molecule has 1 amide bonds. The summed E-state index contributed by atoms with van der Waals surface area (Å²) in [5, 5.41) is 13.0. The highest BCUT2D eigenvalue weighted by atomic mass is 16.2. The molecule has 0 atom stereocenters. The normalized spacial score (nSPS) is 11.2. The molecular weight excluding hydrogens is 270 g/mol. The molecule has 0 aliphatic heterocycles. The van der Waals surface area contributed by atoms with E-state index in [1.165, 1.54) is 6.07 Å². The molecule has 0 bridgehead atoms. The van der Waals surface area contributed by atoms with Crippen LogP contribution in [0.15, 0.2) is 17.1 Å². The van der Waals surface area contributed by atoms with Gasteiger partial charge in [0.15, 0.2) is 0 Å². The van der Waals surface area contributed by atoms with E-state index in [-0.39, 0.29) is 23.6 Å². The second-order valence-electron chi connectivity index (χ2n) is 5.56. The first-order chi connectivity index (χ1) is 9.88. The molecule has 0 saturated heterocycles. The van der Waals surface area contributed by atoms with Crippen molar-refractivity contribution < 1.29 is 4.79 Å². The molecule has 0 radical (unpaired) electrons. The lowest BCUT2D eigenvalue weighted by molar-refractivity contribution is -0.123. The second kappa shape index (κ2) is 7.78. The number of aromatic nitrogens is 2. The third kappa shape index (κ3) is 5.95. The largest absolute Gasteiger partial charge is 0.382 e. The fourth-order valence-corrected chi connectivity index (χ4v) is 1.62. The fraction of sp³-hybridized carbons (Fsp3) is 0.643. The Bertz CT molecular complexity index is 524. The van der Waals surface area contributed by atoms with E-state index in [0.29, 0.717) is 12.2 Å². The van der Waals surface area contributed by atoms with Crippen LogP contribution in [0.4, 0.5) is 5.69 Å². The Balaban J connectivity index is 2.64. The maximum Gasteiger partial charge on any atom is 0.269 e. The first-order valence-electron chi connectivity index (χ1n) is 7.14. The minimum absolute atomic E-state index is 0.0704. The van der Waals surface area contributed by atoms with Gasteiger partial charge in [0.25, 0.3) is 5.56 Å². The summed E-state index contributed by atoms with van der Waals surface area (Å²) in [5.41, 5.74) is 0.0738. The number of anilines is 1. The number of likely N-dealkylation sites (N-methyl/N-ethyl adjacent to an activating group) is 1. The van der Waals surface area contributed by atoms with E-state index in [9.17, 15) is 9.59 Å². The monoisotopic (exact) mass is 295 g/mol. The average Bonchev–Trinajstić information content (AvgIpc) is 2.41. The maximum absolute atomic E-state index is 11.9. The number of amides is 1. The van der Waals surface area contributed by atoms with Gasteiger partial charge in [-0.15, -0.1) is 0 Å². The Morgan fingerprint density at radius 3 is 2.67 bits per heavy atom. The highest BCUT2D eigenvalue weighted by molar-refractivity contribution is 5.76. The first kappa shape index (κ1) is 17.2. The Morgan fingerprint density at radius 1 is 1.38 bits per heavy atom. The number of carbonyl (C=O) groups is 1. The Kier molecular flexibility index (Phi) is 6.36. The highest BCUT2D eigenvalue weighted by Crippen LogP contribution is 2.06. The smallest absolute Gasteiger partial charge is 0.269 e. The van der Waals surface area contributed by atoms with Crippen LogP contribution < -0.4 is 21.5 Å². The van der Waals surface area contributed by atoms with Crippen LogP contribution >= 0.6 is 0 Å². The van der Waals surface area contributed by atoms with Crippen LogP contribution in [0, 0.1) is 0 Å². The molecule has 0 spiro atoms. The molecule has 7 nitrogen and oxygen atoms in total. The molecule has 118 valence electrons. The number of hydrogen-bond acceptors (Lipinski definition) is 5. The topological polar surface area (TPSA) is 88.1 Å². The van der Waals surface area contributed by atoms with Crippen molar-refractivity contribution in [1.82, 2.24) is 20.4 Å². The zero-order valence-corrected chi connectivity index (χ0v) is 13.2. The molecule has 0 saturated carbocycles. The third-order valence-corrected chi connectivity index (χ3v) is 3.23. The summed E-state index contributed by atoms with van der Waals surface area (Å²) in [6.45, 7) is 7.30. The zero-order valence-electron chi connectivity index (χ0n) is 13.2. The molecule has 0 aliphatic carbocycles. The Labute approximate surface area is 125 Å². The van der Waals surface area contributed by atoms with Crippen LogP contribution in [0.5, 0.6) is 0 Å². The molecule has 0 unspecified atom stereocenters. The summed E-state index contributed by atoms with van der Waals surface area (Å²) in [6, 6.07) is 1.45. The Morgan fingerprint density at radius 2 is 2.10 bits per heavy atom. The number of carbonyl (C=O) groups excluding carboxylic acids is 1. The lowest BCUT2D eigenvalue weighted by atomic mass is 10.0. The number of nitrogens with one attached hydrogen (secondary N) is 3. The molecular formula is C14H25N5O2. The number of hydrogen-bond donors (Lipinski definition) is 3. The van der Waals surface area contributed by atoms with Crippen molar-refractivity contribution in [1.29, 1.82) is 0 Å². The molecule has 1 rings (SSSR count). The molecule has 3 N–H and O–H groups in total. The van der Waals surface area contributed by atoms with Gasteiger partial charge in [0.2, 0.25) is 5.91 Å². The van der Waals surface area contributed by atoms with Crippen molar-refractivity contribution in [2.45, 2.75) is 39.3 Å². The predicted molar refractivity (Wildman–Crippen MR) is 83.4 cm³/mol. The first-order valence-corrected chi connectivity index (χ1v) is 7.14. The molecule has 21 heavy (non-hydrogen) atoms. The van der Waals surface area contributed by atoms with E-state index >= 15 is 0 Å². The van der Waals surface area contributed by atoms with Crippen molar-refractivity contribution in [3.05, 3.63) is 22.6 Å². The predicted octanol–water partition coefficient (Wildman–Crippen LogP) is 0.179. The molecule has 1 heterocycles. The van der Waals surface area contributed by atoms with Gasteiger partial charge in [-0.1, -0.05) is 6.92 Å². The van der Waals surface area contributed by atoms with E-state index in [2.05, 4.69) is 21.0 Å². The summed E-state index contributed by atoms with van der Waals surface area (Å²) >= 11 is 0. The van der Waals surface area contributed by atoms with Crippen LogP contribution in [-0.4, -0.2) is 41.4 Å². The molecule has 0 fully saturated rings. The minimum Gasteiger partial charge on any atom is -0.382 e. The van der Waals surface area contributed by atoms with Gasteiger partial charge in [-0.3, -0.25) is 9.59 Å². The summed E-state index contributed by atoms with van der Waals surface area (Å²) in [6.07, 6.45) is 2.37. The van der Waals surface area contributed by atoms with E-state index < -0.39 is 0 Å². The van der Waals surface area contributed by atoms with Crippen molar-refractivity contribution in [3.8, 4) is 0 Å². The molecule has 0 aliphatic rings. The summed E-state index contributed by atoms with van der Waals surface area (Å²) < 4.78 is 1.16. The van der Waals surface area contributed by atoms with Gasteiger partial charge in [0, 0.05) is 24.7 Å². The number of nitrogens with zero attached hydrogens (tertiary/aromatic N) is 2. The van der Waals surface area contributed by atoms with Gasteiger partial charge in [-0.05, 0) is 27.3 Å². The Hall–Kier alpha value is -1.89. The standard InChI is InChI=1S/C14H25N5O2/c1-5-14(2,3)18-12(20)10-19-13(21)8-11(9-17-19)16-7-6-15-4/h8-9,15-16H,5-7,10H2,1-4H3,(H,18,20). The van der Waals surface area contributed by atoms with E-state index in [0.717, 1.165) is 17.6 Å². The SMILES string of the molecule is CCC(C)(C)NC(=O)Cn1ncc(NCCNC)cc1=O. The quantitative estimate of drug-likeness (QED) is 0.595. The van der Waals surface area contributed by atoms with Crippen LogP contribution in [0.25, 0.3) is 0 Å². The molecule has 7 heteroatoms. The summed E-state index contributed by atoms with van der Waals surface area (Å²) in [4.78, 5) is 23.8. The molecule has 0 aromatic carbocycles. The average molecular weight is 295 g/mol. The third-order valence-electron chi connectivity index (χ3n) is 3.23. The van der Waals surface area contributed by atoms with E-state index in [1.54, 1.807) is 6.20 Å².